The highest BCUT2D eigenvalue weighted by Crippen LogP contribution is 2.40. The van der Waals surface area contributed by atoms with Crippen molar-refractivity contribution in [3.05, 3.63) is 34.4 Å². The van der Waals surface area contributed by atoms with Gasteiger partial charge in [-0.2, -0.15) is 0 Å². The Morgan fingerprint density at radius 2 is 2.19 bits per heavy atom. The van der Waals surface area contributed by atoms with Crippen LogP contribution in [0.2, 0.25) is 0 Å². The third-order valence-corrected chi connectivity index (χ3v) is 3.64. The van der Waals surface area contributed by atoms with Crippen molar-refractivity contribution in [1.82, 2.24) is 4.57 Å². The third-order valence-electron chi connectivity index (χ3n) is 2.98. The van der Waals surface area contributed by atoms with E-state index in [-0.39, 0.29) is 0 Å². The lowest BCUT2D eigenvalue weighted by atomic mass is 10.2. The van der Waals surface area contributed by atoms with Crippen LogP contribution in [0.4, 0.5) is 0 Å². The van der Waals surface area contributed by atoms with E-state index in [2.05, 4.69) is 20.5 Å². The standard InChI is InChI=1S/C12H10BrNO2/c13-9-2-1-3-10-11(9)8(12(15)16)6-14(10)7-4-5-7/h1-3,6-7H,4-5H2,(H,15,16). The Kier molecular flexibility index (Phi) is 2.07. The lowest BCUT2D eigenvalue weighted by Crippen LogP contribution is -1.95. The summed E-state index contributed by atoms with van der Waals surface area (Å²) < 4.78 is 2.94. The van der Waals surface area contributed by atoms with Gasteiger partial charge in [0.25, 0.3) is 0 Å². The molecule has 0 atom stereocenters. The Hall–Kier alpha value is -1.29. The fourth-order valence-electron chi connectivity index (χ4n) is 2.08. The van der Waals surface area contributed by atoms with Gasteiger partial charge in [0.05, 0.1) is 11.1 Å². The van der Waals surface area contributed by atoms with E-state index >= 15 is 0 Å². The SMILES string of the molecule is O=C(O)c1cn(C2CC2)c2cccc(Br)c12. The Morgan fingerprint density at radius 3 is 2.81 bits per heavy atom. The number of aromatic nitrogens is 1. The molecule has 1 aromatic heterocycles. The van der Waals surface area contributed by atoms with Gasteiger partial charge in [-0.15, -0.1) is 0 Å². The molecular weight excluding hydrogens is 270 g/mol. The number of carboxylic acids is 1. The first-order valence-electron chi connectivity index (χ1n) is 5.21. The van der Waals surface area contributed by atoms with E-state index in [1.54, 1.807) is 6.20 Å². The quantitative estimate of drug-likeness (QED) is 0.915. The van der Waals surface area contributed by atoms with Gasteiger partial charge in [-0.1, -0.05) is 22.0 Å². The number of halogens is 1. The molecule has 3 rings (SSSR count). The smallest absolute Gasteiger partial charge is 0.337 e. The van der Waals surface area contributed by atoms with E-state index in [0.29, 0.717) is 11.6 Å². The first kappa shape index (κ1) is 9.90. The van der Waals surface area contributed by atoms with Crippen LogP contribution in [-0.4, -0.2) is 15.6 Å². The van der Waals surface area contributed by atoms with Crippen LogP contribution in [0.1, 0.15) is 29.2 Å². The van der Waals surface area contributed by atoms with Gasteiger partial charge < -0.3 is 9.67 Å². The Morgan fingerprint density at radius 1 is 1.44 bits per heavy atom. The van der Waals surface area contributed by atoms with Crippen LogP contribution in [-0.2, 0) is 0 Å². The summed E-state index contributed by atoms with van der Waals surface area (Å²) in [4.78, 5) is 11.2. The van der Waals surface area contributed by atoms with E-state index in [0.717, 1.165) is 28.2 Å². The number of aromatic carboxylic acids is 1. The topological polar surface area (TPSA) is 42.2 Å². The van der Waals surface area contributed by atoms with Gasteiger partial charge in [0.15, 0.2) is 0 Å². The summed E-state index contributed by atoms with van der Waals surface area (Å²) >= 11 is 3.42. The number of rotatable bonds is 2. The summed E-state index contributed by atoms with van der Waals surface area (Å²) in [6.45, 7) is 0. The van der Waals surface area contributed by atoms with Crippen molar-refractivity contribution in [2.75, 3.05) is 0 Å². The summed E-state index contributed by atoms with van der Waals surface area (Å²) in [6, 6.07) is 6.29. The number of carbonyl (C=O) groups is 1. The molecule has 0 amide bonds. The number of carboxylic acid groups (broad SMARTS) is 1. The molecular formula is C12H10BrNO2. The fraction of sp³-hybridized carbons (Fsp3) is 0.250. The maximum absolute atomic E-state index is 11.2. The molecule has 4 heteroatoms. The maximum Gasteiger partial charge on any atom is 0.337 e. The van der Waals surface area contributed by atoms with E-state index in [1.165, 1.54) is 0 Å². The molecule has 0 aliphatic heterocycles. The molecule has 0 spiro atoms. The van der Waals surface area contributed by atoms with Crippen LogP contribution in [0, 0.1) is 0 Å². The molecule has 0 unspecified atom stereocenters. The second-order valence-electron chi connectivity index (χ2n) is 4.12. The van der Waals surface area contributed by atoms with Crippen molar-refractivity contribution in [1.29, 1.82) is 0 Å². The van der Waals surface area contributed by atoms with Gasteiger partial charge in [-0.25, -0.2) is 4.79 Å². The maximum atomic E-state index is 11.2. The van der Waals surface area contributed by atoms with E-state index in [9.17, 15) is 9.90 Å². The highest BCUT2D eigenvalue weighted by molar-refractivity contribution is 9.10. The summed E-state index contributed by atoms with van der Waals surface area (Å²) in [7, 11) is 0. The second kappa shape index (κ2) is 3.35. The van der Waals surface area contributed by atoms with Gasteiger partial charge >= 0.3 is 5.97 Å². The van der Waals surface area contributed by atoms with Gasteiger partial charge in [-0.3, -0.25) is 0 Å². The normalized spacial score (nSPS) is 15.6. The minimum Gasteiger partial charge on any atom is -0.478 e. The van der Waals surface area contributed by atoms with Gasteiger partial charge in [0.1, 0.15) is 0 Å². The van der Waals surface area contributed by atoms with Crippen molar-refractivity contribution in [2.24, 2.45) is 0 Å². The van der Waals surface area contributed by atoms with E-state index < -0.39 is 5.97 Å². The first-order valence-corrected chi connectivity index (χ1v) is 6.00. The van der Waals surface area contributed by atoms with Crippen LogP contribution >= 0.6 is 15.9 Å². The summed E-state index contributed by atoms with van der Waals surface area (Å²) in [6.07, 6.45) is 4.06. The van der Waals surface area contributed by atoms with Gasteiger partial charge in [-0.05, 0) is 25.0 Å². The van der Waals surface area contributed by atoms with Crippen LogP contribution in [0.3, 0.4) is 0 Å². The molecule has 1 fully saturated rings. The van der Waals surface area contributed by atoms with E-state index in [1.807, 2.05) is 18.2 Å². The van der Waals surface area contributed by atoms with Crippen molar-refractivity contribution < 1.29 is 9.90 Å². The first-order chi connectivity index (χ1) is 7.68. The minimum atomic E-state index is -0.865. The number of benzene rings is 1. The lowest BCUT2D eigenvalue weighted by molar-refractivity contribution is 0.0699. The largest absolute Gasteiger partial charge is 0.478 e. The number of hydrogen-bond acceptors (Lipinski definition) is 1. The Balaban J connectivity index is 2.37. The van der Waals surface area contributed by atoms with Crippen LogP contribution in [0.25, 0.3) is 10.9 Å². The molecule has 82 valence electrons. The van der Waals surface area contributed by atoms with E-state index in [4.69, 9.17) is 0 Å². The van der Waals surface area contributed by atoms with Crippen molar-refractivity contribution in [3.63, 3.8) is 0 Å². The predicted molar refractivity (Wildman–Crippen MR) is 64.9 cm³/mol. The van der Waals surface area contributed by atoms with Crippen molar-refractivity contribution in [2.45, 2.75) is 18.9 Å². The van der Waals surface area contributed by atoms with Crippen LogP contribution in [0.5, 0.6) is 0 Å². The predicted octanol–water partition coefficient (Wildman–Crippen LogP) is 3.44. The molecule has 1 heterocycles. The fourth-order valence-corrected chi connectivity index (χ4v) is 2.65. The van der Waals surface area contributed by atoms with Gasteiger partial charge in [0, 0.05) is 22.1 Å². The molecule has 1 aliphatic carbocycles. The molecule has 16 heavy (non-hydrogen) atoms. The average molecular weight is 280 g/mol. The Labute approximate surface area is 101 Å². The van der Waals surface area contributed by atoms with Crippen LogP contribution in [0.15, 0.2) is 28.9 Å². The molecule has 1 N–H and O–H groups in total. The summed E-state index contributed by atoms with van der Waals surface area (Å²) in [5.74, 6) is -0.865. The van der Waals surface area contributed by atoms with Crippen molar-refractivity contribution >= 4 is 32.8 Å². The third kappa shape index (κ3) is 1.37. The monoisotopic (exact) mass is 279 g/mol. The molecule has 3 nitrogen and oxygen atoms in total. The number of fused-ring (bicyclic) bond motifs is 1. The number of nitrogens with zero attached hydrogens (tertiary/aromatic N) is 1. The average Bonchev–Trinajstić information content (AvgIpc) is 2.99. The Bertz CT molecular complexity index is 584. The molecule has 1 aromatic carbocycles. The van der Waals surface area contributed by atoms with Crippen LogP contribution < -0.4 is 0 Å². The zero-order valence-electron chi connectivity index (χ0n) is 8.48. The van der Waals surface area contributed by atoms with Gasteiger partial charge in [0.2, 0.25) is 0 Å². The number of hydrogen-bond donors (Lipinski definition) is 1. The second-order valence-corrected chi connectivity index (χ2v) is 4.97. The molecule has 2 aromatic rings. The summed E-state index contributed by atoms with van der Waals surface area (Å²) in [5.41, 5.74) is 1.39. The molecule has 0 bridgehead atoms. The molecule has 1 saturated carbocycles. The zero-order chi connectivity index (χ0) is 11.3. The summed E-state index contributed by atoms with van der Waals surface area (Å²) in [5, 5.41) is 10.00. The molecule has 0 saturated heterocycles. The van der Waals surface area contributed by atoms with Crippen molar-refractivity contribution in [3.8, 4) is 0 Å². The molecule has 0 radical (unpaired) electrons. The lowest BCUT2D eigenvalue weighted by Gasteiger charge is -2.01. The minimum absolute atomic E-state index is 0.384. The highest BCUT2D eigenvalue weighted by Gasteiger charge is 2.27. The zero-order valence-corrected chi connectivity index (χ0v) is 10.1. The highest BCUT2D eigenvalue weighted by atomic mass is 79.9. The molecule has 1 aliphatic rings.